The molecule has 2 N–H and O–H groups in total. The van der Waals surface area contributed by atoms with Gasteiger partial charge in [0.1, 0.15) is 6.10 Å². The number of hydrogen-bond acceptors (Lipinski definition) is 4. The van der Waals surface area contributed by atoms with Gasteiger partial charge >= 0.3 is 5.97 Å². The molecule has 0 aliphatic heterocycles. The van der Waals surface area contributed by atoms with Gasteiger partial charge in [0.05, 0.1) is 23.4 Å². The number of carboxylic acid groups (broad SMARTS) is 1. The van der Waals surface area contributed by atoms with Gasteiger partial charge in [0, 0.05) is 18.1 Å². The average Bonchev–Trinajstić information content (AvgIpc) is 2.95. The Morgan fingerprint density at radius 1 is 1.19 bits per heavy atom. The maximum Gasteiger partial charge on any atom is 0.335 e. The zero-order valence-electron chi connectivity index (χ0n) is 14.5. The largest absolute Gasteiger partial charge is 0.478 e. The SMILES string of the molecule is CC(OCc1c2ccccc2nn1C)C(=O)Nc1ccc(C(=O)O)cc1. The Labute approximate surface area is 150 Å². The van der Waals surface area contributed by atoms with Crippen LogP contribution in [-0.4, -0.2) is 32.9 Å². The zero-order valence-corrected chi connectivity index (χ0v) is 14.5. The molecule has 0 saturated heterocycles. The molecule has 1 atom stereocenters. The summed E-state index contributed by atoms with van der Waals surface area (Å²) in [5, 5.41) is 17.0. The minimum Gasteiger partial charge on any atom is -0.478 e. The smallest absolute Gasteiger partial charge is 0.335 e. The fourth-order valence-electron chi connectivity index (χ4n) is 2.59. The summed E-state index contributed by atoms with van der Waals surface area (Å²) in [4.78, 5) is 23.1. The Balaban J connectivity index is 1.62. The van der Waals surface area contributed by atoms with Gasteiger partial charge in [0.25, 0.3) is 5.91 Å². The summed E-state index contributed by atoms with van der Waals surface area (Å²) in [6.07, 6.45) is -0.678. The number of aryl methyl sites for hydroxylation is 1. The molecular formula is C19H19N3O4. The highest BCUT2D eigenvalue weighted by Gasteiger charge is 2.16. The van der Waals surface area contributed by atoms with Crippen LogP contribution in [0.4, 0.5) is 5.69 Å². The van der Waals surface area contributed by atoms with Crippen LogP contribution in [-0.2, 0) is 23.2 Å². The van der Waals surface area contributed by atoms with Gasteiger partial charge in [-0.1, -0.05) is 18.2 Å². The molecule has 1 unspecified atom stereocenters. The third kappa shape index (κ3) is 3.73. The highest BCUT2D eigenvalue weighted by Crippen LogP contribution is 2.19. The number of nitrogens with zero attached hydrogens (tertiary/aromatic N) is 2. The molecule has 0 aliphatic carbocycles. The normalized spacial score (nSPS) is 12.1. The van der Waals surface area contributed by atoms with Crippen LogP contribution in [0.3, 0.4) is 0 Å². The van der Waals surface area contributed by atoms with Crippen molar-refractivity contribution in [3.05, 3.63) is 59.8 Å². The number of ether oxygens (including phenoxy) is 1. The van der Waals surface area contributed by atoms with Crippen LogP contribution >= 0.6 is 0 Å². The average molecular weight is 353 g/mol. The molecule has 0 radical (unpaired) electrons. The molecule has 3 rings (SSSR count). The fourth-order valence-corrected chi connectivity index (χ4v) is 2.59. The Morgan fingerprint density at radius 2 is 1.88 bits per heavy atom. The van der Waals surface area contributed by atoms with Gasteiger partial charge < -0.3 is 15.2 Å². The lowest BCUT2D eigenvalue weighted by molar-refractivity contribution is -0.127. The van der Waals surface area contributed by atoms with E-state index in [2.05, 4.69) is 10.4 Å². The van der Waals surface area contributed by atoms with Crippen LogP contribution in [0.1, 0.15) is 23.0 Å². The first-order valence-electron chi connectivity index (χ1n) is 8.12. The van der Waals surface area contributed by atoms with Gasteiger partial charge in [-0.15, -0.1) is 0 Å². The van der Waals surface area contributed by atoms with Crippen LogP contribution in [0.25, 0.3) is 10.9 Å². The van der Waals surface area contributed by atoms with Gasteiger partial charge in [-0.2, -0.15) is 5.10 Å². The molecule has 7 heteroatoms. The number of carbonyl (C=O) groups is 2. The van der Waals surface area contributed by atoms with Crippen LogP contribution in [0, 0.1) is 0 Å². The van der Waals surface area contributed by atoms with E-state index in [1.54, 1.807) is 23.7 Å². The van der Waals surface area contributed by atoms with Crippen molar-refractivity contribution in [3.8, 4) is 0 Å². The Bertz CT molecular complexity index is 947. The molecule has 0 spiro atoms. The molecule has 7 nitrogen and oxygen atoms in total. The Kier molecular flexibility index (Phi) is 4.99. The van der Waals surface area contributed by atoms with Crippen LogP contribution < -0.4 is 5.32 Å². The van der Waals surface area contributed by atoms with Crippen LogP contribution in [0.5, 0.6) is 0 Å². The van der Waals surface area contributed by atoms with Gasteiger partial charge in [-0.25, -0.2) is 4.79 Å². The lowest BCUT2D eigenvalue weighted by Gasteiger charge is -2.14. The molecule has 26 heavy (non-hydrogen) atoms. The molecule has 1 heterocycles. The summed E-state index contributed by atoms with van der Waals surface area (Å²) in [6, 6.07) is 13.7. The topological polar surface area (TPSA) is 93.5 Å². The molecule has 0 bridgehead atoms. The van der Waals surface area contributed by atoms with Crippen molar-refractivity contribution in [3.63, 3.8) is 0 Å². The Hall–Kier alpha value is -3.19. The van der Waals surface area contributed by atoms with Gasteiger partial charge in [0.15, 0.2) is 0 Å². The highest BCUT2D eigenvalue weighted by molar-refractivity contribution is 5.94. The molecule has 3 aromatic rings. The van der Waals surface area contributed by atoms with E-state index in [4.69, 9.17) is 9.84 Å². The van der Waals surface area contributed by atoms with E-state index >= 15 is 0 Å². The quantitative estimate of drug-likeness (QED) is 0.711. The summed E-state index contributed by atoms with van der Waals surface area (Å²) in [7, 11) is 1.84. The van der Waals surface area contributed by atoms with E-state index in [0.29, 0.717) is 5.69 Å². The molecule has 1 amide bonds. The number of rotatable bonds is 6. The second-order valence-electron chi connectivity index (χ2n) is 5.91. The van der Waals surface area contributed by atoms with Crippen LogP contribution in [0.2, 0.25) is 0 Å². The third-order valence-corrected chi connectivity index (χ3v) is 4.10. The van der Waals surface area contributed by atoms with Crippen molar-refractivity contribution in [1.29, 1.82) is 0 Å². The van der Waals surface area contributed by atoms with E-state index in [-0.39, 0.29) is 18.1 Å². The fraction of sp³-hybridized carbons (Fsp3) is 0.211. The minimum atomic E-state index is -1.01. The minimum absolute atomic E-state index is 0.162. The maximum atomic E-state index is 12.3. The summed E-state index contributed by atoms with van der Waals surface area (Å²) in [5.41, 5.74) is 2.45. The molecule has 1 aromatic heterocycles. The number of aromatic nitrogens is 2. The summed E-state index contributed by atoms with van der Waals surface area (Å²) >= 11 is 0. The number of carbonyl (C=O) groups excluding carboxylic acids is 1. The van der Waals surface area contributed by atoms with Crippen molar-refractivity contribution >= 4 is 28.5 Å². The number of hydrogen-bond donors (Lipinski definition) is 2. The van der Waals surface area contributed by atoms with Crippen molar-refractivity contribution in [2.45, 2.75) is 19.6 Å². The molecule has 0 saturated carbocycles. The van der Waals surface area contributed by atoms with E-state index in [1.165, 1.54) is 12.1 Å². The van der Waals surface area contributed by atoms with Crippen LogP contribution in [0.15, 0.2) is 48.5 Å². The van der Waals surface area contributed by atoms with E-state index in [9.17, 15) is 9.59 Å². The number of nitrogens with one attached hydrogen (secondary N) is 1. The summed E-state index contributed by atoms with van der Waals surface area (Å²) in [6.45, 7) is 1.92. The molecule has 2 aromatic carbocycles. The maximum absolute atomic E-state index is 12.3. The summed E-state index contributed by atoms with van der Waals surface area (Å²) < 4.78 is 7.45. The number of amides is 1. The monoisotopic (exact) mass is 353 g/mol. The van der Waals surface area contributed by atoms with Crippen molar-refractivity contribution in [2.24, 2.45) is 7.05 Å². The lowest BCUT2D eigenvalue weighted by Crippen LogP contribution is -2.28. The number of carboxylic acids is 1. The van der Waals surface area contributed by atoms with Crippen molar-refractivity contribution in [2.75, 3.05) is 5.32 Å². The van der Waals surface area contributed by atoms with E-state index in [1.807, 2.05) is 31.3 Å². The Morgan fingerprint density at radius 3 is 2.58 bits per heavy atom. The molecule has 134 valence electrons. The van der Waals surface area contributed by atoms with E-state index in [0.717, 1.165) is 16.6 Å². The lowest BCUT2D eigenvalue weighted by atomic mass is 10.2. The van der Waals surface area contributed by atoms with Crippen molar-refractivity contribution < 1.29 is 19.4 Å². The number of aromatic carboxylic acids is 1. The molecule has 0 aliphatic rings. The number of benzene rings is 2. The van der Waals surface area contributed by atoms with Gasteiger partial charge in [-0.3, -0.25) is 9.48 Å². The second kappa shape index (κ2) is 7.37. The summed E-state index contributed by atoms with van der Waals surface area (Å²) in [5.74, 6) is -1.32. The molecule has 0 fully saturated rings. The first kappa shape index (κ1) is 17.6. The van der Waals surface area contributed by atoms with Crippen molar-refractivity contribution in [1.82, 2.24) is 9.78 Å². The third-order valence-electron chi connectivity index (χ3n) is 4.10. The van der Waals surface area contributed by atoms with Gasteiger partial charge in [0.2, 0.25) is 0 Å². The van der Waals surface area contributed by atoms with E-state index < -0.39 is 12.1 Å². The highest BCUT2D eigenvalue weighted by atomic mass is 16.5. The van der Waals surface area contributed by atoms with Gasteiger partial charge in [-0.05, 0) is 37.3 Å². The second-order valence-corrected chi connectivity index (χ2v) is 5.91. The zero-order chi connectivity index (χ0) is 18.7. The standard InChI is InChI=1S/C19H19N3O4/c1-12(18(23)20-14-9-7-13(8-10-14)19(24)25)26-11-17-15-5-3-4-6-16(15)21-22(17)2/h3-10,12H,11H2,1-2H3,(H,20,23)(H,24,25). The predicted molar refractivity (Wildman–Crippen MR) is 97.0 cm³/mol. The number of anilines is 1. The predicted octanol–water partition coefficient (Wildman–Crippen LogP) is 2.82. The molecular weight excluding hydrogens is 334 g/mol. The first-order valence-corrected chi connectivity index (χ1v) is 8.12. The first-order chi connectivity index (χ1) is 12.5. The number of fused-ring (bicyclic) bond motifs is 1.